The number of hydrogen-bond acceptors (Lipinski definition) is 1. The zero-order valence-electron chi connectivity index (χ0n) is 10.6. The number of aryl methyl sites for hydroxylation is 2. The van der Waals surface area contributed by atoms with E-state index in [9.17, 15) is 4.79 Å². The highest BCUT2D eigenvalue weighted by Crippen LogP contribution is 2.12. The average molecular weight is 254 g/mol. The van der Waals surface area contributed by atoms with Crippen LogP contribution in [0.25, 0.3) is 0 Å². The van der Waals surface area contributed by atoms with Gasteiger partial charge in [0.15, 0.2) is 0 Å². The molecule has 0 saturated carbocycles. The van der Waals surface area contributed by atoms with Gasteiger partial charge in [0.2, 0.25) is 0 Å². The van der Waals surface area contributed by atoms with Crippen LogP contribution in [0.15, 0.2) is 18.2 Å². The summed E-state index contributed by atoms with van der Waals surface area (Å²) >= 11 is 5.59. The Hall–Kier alpha value is -1.02. The van der Waals surface area contributed by atoms with Crippen molar-refractivity contribution in [3.63, 3.8) is 0 Å². The molecule has 0 fully saturated rings. The van der Waals surface area contributed by atoms with Crippen LogP contribution >= 0.6 is 11.6 Å². The molecule has 0 aliphatic heterocycles. The van der Waals surface area contributed by atoms with Crippen LogP contribution in [0.5, 0.6) is 0 Å². The molecule has 1 N–H and O–H groups in total. The Balaban J connectivity index is 2.47. The van der Waals surface area contributed by atoms with Crippen molar-refractivity contribution in [3.05, 3.63) is 34.9 Å². The van der Waals surface area contributed by atoms with Crippen LogP contribution in [0.4, 0.5) is 0 Å². The maximum atomic E-state index is 12.0. The van der Waals surface area contributed by atoms with E-state index in [4.69, 9.17) is 11.6 Å². The van der Waals surface area contributed by atoms with E-state index in [0.717, 1.165) is 42.5 Å². The van der Waals surface area contributed by atoms with E-state index in [1.54, 1.807) is 0 Å². The Kier molecular flexibility index (Phi) is 6.06. The van der Waals surface area contributed by atoms with Crippen LogP contribution in [0.1, 0.15) is 40.7 Å². The number of carbonyl (C=O) groups is 1. The summed E-state index contributed by atoms with van der Waals surface area (Å²) in [6.45, 7) is 4.66. The van der Waals surface area contributed by atoms with E-state index in [0.29, 0.717) is 5.88 Å². The lowest BCUT2D eigenvalue weighted by Gasteiger charge is -2.10. The molecule has 0 bridgehead atoms. The van der Waals surface area contributed by atoms with Crippen molar-refractivity contribution in [2.45, 2.75) is 33.1 Å². The van der Waals surface area contributed by atoms with Crippen LogP contribution in [0.2, 0.25) is 0 Å². The summed E-state index contributed by atoms with van der Waals surface area (Å²) in [5.41, 5.74) is 2.87. The Morgan fingerprint density at radius 1 is 1.18 bits per heavy atom. The minimum atomic E-state index is 0.0338. The quantitative estimate of drug-likeness (QED) is 0.611. The fourth-order valence-electron chi connectivity index (χ4n) is 1.86. The second kappa shape index (κ2) is 7.33. The summed E-state index contributed by atoms with van der Waals surface area (Å²) in [5.74, 6) is 0.733. The standard InChI is InChI=1S/C14H20ClNO/c1-11-7-6-8-12(2)13(11)14(17)16-10-5-3-4-9-15/h6-8H,3-5,9-10H2,1-2H3,(H,16,17). The van der Waals surface area contributed by atoms with Gasteiger partial charge in [-0.1, -0.05) is 24.6 Å². The molecule has 0 aliphatic rings. The summed E-state index contributed by atoms with van der Waals surface area (Å²) in [7, 11) is 0. The van der Waals surface area contributed by atoms with E-state index < -0.39 is 0 Å². The van der Waals surface area contributed by atoms with Gasteiger partial charge in [0.1, 0.15) is 0 Å². The number of nitrogens with one attached hydrogen (secondary N) is 1. The minimum Gasteiger partial charge on any atom is -0.352 e. The first-order chi connectivity index (χ1) is 8.16. The van der Waals surface area contributed by atoms with Gasteiger partial charge in [-0.15, -0.1) is 11.6 Å². The van der Waals surface area contributed by atoms with Gasteiger partial charge in [0.05, 0.1) is 0 Å². The van der Waals surface area contributed by atoms with Gasteiger partial charge in [0.25, 0.3) is 5.91 Å². The first-order valence-corrected chi connectivity index (χ1v) is 6.60. The number of halogens is 1. The minimum absolute atomic E-state index is 0.0338. The third kappa shape index (κ3) is 4.39. The molecule has 0 aliphatic carbocycles. The zero-order valence-corrected chi connectivity index (χ0v) is 11.3. The van der Waals surface area contributed by atoms with E-state index >= 15 is 0 Å². The molecule has 3 heteroatoms. The molecule has 1 aromatic carbocycles. The largest absolute Gasteiger partial charge is 0.352 e. The van der Waals surface area contributed by atoms with Crippen LogP contribution < -0.4 is 5.32 Å². The second-order valence-corrected chi connectivity index (χ2v) is 4.65. The van der Waals surface area contributed by atoms with Gasteiger partial charge in [-0.25, -0.2) is 0 Å². The van der Waals surface area contributed by atoms with Crippen LogP contribution in [0.3, 0.4) is 0 Å². The molecule has 2 nitrogen and oxygen atoms in total. The van der Waals surface area contributed by atoms with E-state index in [2.05, 4.69) is 5.32 Å². The van der Waals surface area contributed by atoms with Crippen molar-refractivity contribution >= 4 is 17.5 Å². The summed E-state index contributed by atoms with van der Waals surface area (Å²) in [5, 5.41) is 2.96. The molecule has 0 radical (unpaired) electrons. The van der Waals surface area contributed by atoms with E-state index in [1.165, 1.54) is 0 Å². The number of alkyl halides is 1. The van der Waals surface area contributed by atoms with Gasteiger partial charge < -0.3 is 5.32 Å². The lowest BCUT2D eigenvalue weighted by molar-refractivity contribution is 0.0952. The van der Waals surface area contributed by atoms with Crippen molar-refractivity contribution < 1.29 is 4.79 Å². The molecular weight excluding hydrogens is 234 g/mol. The molecule has 0 spiro atoms. The highest BCUT2D eigenvalue weighted by Gasteiger charge is 2.10. The summed E-state index contributed by atoms with van der Waals surface area (Å²) in [4.78, 5) is 12.0. The number of amides is 1. The molecule has 0 heterocycles. The van der Waals surface area contributed by atoms with Gasteiger partial charge in [0, 0.05) is 18.0 Å². The van der Waals surface area contributed by atoms with Crippen LogP contribution in [-0.4, -0.2) is 18.3 Å². The van der Waals surface area contributed by atoms with Crippen LogP contribution in [0, 0.1) is 13.8 Å². The fraction of sp³-hybridized carbons (Fsp3) is 0.500. The fourth-order valence-corrected chi connectivity index (χ4v) is 2.05. The maximum Gasteiger partial charge on any atom is 0.251 e. The van der Waals surface area contributed by atoms with Gasteiger partial charge in [-0.05, 0) is 37.8 Å². The Morgan fingerprint density at radius 3 is 2.41 bits per heavy atom. The number of rotatable bonds is 6. The maximum absolute atomic E-state index is 12.0. The normalized spacial score (nSPS) is 10.3. The third-order valence-electron chi connectivity index (χ3n) is 2.80. The number of benzene rings is 1. The second-order valence-electron chi connectivity index (χ2n) is 4.27. The predicted octanol–water partition coefficient (Wildman–Crippen LogP) is 3.44. The molecular formula is C14H20ClNO. The van der Waals surface area contributed by atoms with Crippen molar-refractivity contribution in [3.8, 4) is 0 Å². The lowest BCUT2D eigenvalue weighted by Crippen LogP contribution is -2.26. The smallest absolute Gasteiger partial charge is 0.251 e. The Morgan fingerprint density at radius 2 is 1.82 bits per heavy atom. The number of hydrogen-bond donors (Lipinski definition) is 1. The first-order valence-electron chi connectivity index (χ1n) is 6.07. The van der Waals surface area contributed by atoms with Gasteiger partial charge >= 0.3 is 0 Å². The van der Waals surface area contributed by atoms with Gasteiger partial charge in [-0.3, -0.25) is 4.79 Å². The Bertz CT molecular complexity index is 356. The molecule has 0 unspecified atom stereocenters. The highest BCUT2D eigenvalue weighted by molar-refractivity contribution is 6.17. The molecule has 17 heavy (non-hydrogen) atoms. The summed E-state index contributed by atoms with van der Waals surface area (Å²) in [6, 6.07) is 5.91. The number of unbranched alkanes of at least 4 members (excludes halogenated alkanes) is 2. The van der Waals surface area contributed by atoms with E-state index in [-0.39, 0.29) is 5.91 Å². The number of carbonyl (C=O) groups excluding carboxylic acids is 1. The lowest BCUT2D eigenvalue weighted by atomic mass is 10.0. The molecule has 0 aromatic heterocycles. The molecule has 0 saturated heterocycles. The predicted molar refractivity (Wildman–Crippen MR) is 72.8 cm³/mol. The van der Waals surface area contributed by atoms with Crippen molar-refractivity contribution in [2.75, 3.05) is 12.4 Å². The molecule has 1 aromatic rings. The SMILES string of the molecule is Cc1cccc(C)c1C(=O)NCCCCCCl. The molecule has 1 rings (SSSR count). The third-order valence-corrected chi connectivity index (χ3v) is 3.07. The average Bonchev–Trinajstić information content (AvgIpc) is 2.28. The van der Waals surface area contributed by atoms with Crippen molar-refractivity contribution in [2.24, 2.45) is 0 Å². The molecule has 0 atom stereocenters. The highest BCUT2D eigenvalue weighted by atomic mass is 35.5. The Labute approximate surface area is 108 Å². The van der Waals surface area contributed by atoms with Crippen molar-refractivity contribution in [1.82, 2.24) is 5.32 Å². The van der Waals surface area contributed by atoms with Gasteiger partial charge in [-0.2, -0.15) is 0 Å². The van der Waals surface area contributed by atoms with Crippen molar-refractivity contribution in [1.29, 1.82) is 0 Å². The van der Waals surface area contributed by atoms with E-state index in [1.807, 2.05) is 32.0 Å². The topological polar surface area (TPSA) is 29.1 Å². The monoisotopic (exact) mass is 253 g/mol. The summed E-state index contributed by atoms with van der Waals surface area (Å²) < 4.78 is 0. The zero-order chi connectivity index (χ0) is 12.7. The first kappa shape index (κ1) is 14.0. The summed E-state index contributed by atoms with van der Waals surface area (Å²) in [6.07, 6.45) is 3.07. The molecule has 94 valence electrons. The van der Waals surface area contributed by atoms with Crippen LogP contribution in [-0.2, 0) is 0 Å². The molecule has 1 amide bonds.